The molecule has 0 radical (unpaired) electrons. The smallest absolute Gasteiger partial charge is 0.189 e. The normalized spacial score (nSPS) is 12.7. The van der Waals surface area contributed by atoms with Gasteiger partial charge in [-0.1, -0.05) is 17.7 Å². The first-order valence-corrected chi connectivity index (χ1v) is 8.32. The Hall–Kier alpha value is -0.540. The van der Waals surface area contributed by atoms with Gasteiger partial charge in [-0.05, 0) is 38.5 Å². The molecule has 0 aliphatic rings. The molecule has 0 unspecified atom stereocenters. The number of sulfone groups is 1. The molecule has 0 heterocycles. The molecule has 21 heavy (non-hydrogen) atoms. The van der Waals surface area contributed by atoms with Crippen LogP contribution in [0, 0.1) is 0 Å². The second-order valence-electron chi connectivity index (χ2n) is 5.61. The topological polar surface area (TPSA) is 84.5 Å². The Morgan fingerprint density at radius 3 is 2.38 bits per heavy atom. The second-order valence-corrected chi connectivity index (χ2v) is 8.00. The van der Waals surface area contributed by atoms with E-state index in [9.17, 15) is 8.42 Å². The number of hydrogen-bond donors (Lipinski definition) is 2. The summed E-state index contributed by atoms with van der Waals surface area (Å²) in [6.07, 6.45) is 1.12. The quantitative estimate of drug-likeness (QED) is 0.425. The van der Waals surface area contributed by atoms with Gasteiger partial charge in [0, 0.05) is 11.8 Å². The lowest BCUT2D eigenvalue weighted by Crippen LogP contribution is -2.44. The van der Waals surface area contributed by atoms with Crippen LogP contribution in [0.4, 0.5) is 0 Å². The van der Waals surface area contributed by atoms with E-state index in [1.165, 1.54) is 6.07 Å². The van der Waals surface area contributed by atoms with Gasteiger partial charge in [0.15, 0.2) is 15.8 Å². The fraction of sp³-hybridized carbons (Fsp3) is 0.462. The van der Waals surface area contributed by atoms with Crippen LogP contribution in [-0.2, 0) is 16.4 Å². The largest absolute Gasteiger partial charge is 0.370 e. The van der Waals surface area contributed by atoms with E-state index in [-0.39, 0.29) is 39.4 Å². The van der Waals surface area contributed by atoms with Crippen molar-refractivity contribution in [3.63, 3.8) is 0 Å². The van der Waals surface area contributed by atoms with Gasteiger partial charge in [-0.25, -0.2) is 13.4 Å². The number of nitrogens with two attached hydrogens (primary N) is 1. The summed E-state index contributed by atoms with van der Waals surface area (Å²) in [5.41, 5.74) is 6.39. The van der Waals surface area contributed by atoms with Crippen LogP contribution in [0.2, 0.25) is 5.02 Å². The predicted octanol–water partition coefficient (Wildman–Crippen LogP) is 2.56. The molecule has 3 N–H and O–H groups in total. The number of aliphatic imine (C=N–C) groups is 1. The van der Waals surface area contributed by atoms with E-state index >= 15 is 0 Å². The summed E-state index contributed by atoms with van der Waals surface area (Å²) in [5.74, 6) is 0.334. The van der Waals surface area contributed by atoms with Crippen molar-refractivity contribution in [2.24, 2.45) is 10.7 Å². The van der Waals surface area contributed by atoms with Crippen LogP contribution in [0.25, 0.3) is 0 Å². The zero-order valence-corrected chi connectivity index (χ0v) is 16.4. The van der Waals surface area contributed by atoms with Gasteiger partial charge < -0.3 is 11.1 Å². The summed E-state index contributed by atoms with van der Waals surface area (Å²) in [6, 6.07) is 4.75. The van der Waals surface area contributed by atoms with Gasteiger partial charge in [0.05, 0.1) is 16.5 Å². The number of benzene rings is 1. The van der Waals surface area contributed by atoms with Gasteiger partial charge in [-0.2, -0.15) is 0 Å². The number of nitrogens with one attached hydrogen (secondary N) is 1. The first-order chi connectivity index (χ1) is 8.99. The lowest BCUT2D eigenvalue weighted by atomic mass is 10.1. The SMILES string of the molecule is CC(C)(C)NC(N)=NCc1ccc(S(C)(=O)=O)c(Cl)c1.I. The summed E-state index contributed by atoms with van der Waals surface area (Å²) < 4.78 is 22.9. The molecule has 0 spiro atoms. The Labute approximate surface area is 148 Å². The first-order valence-electron chi connectivity index (χ1n) is 6.05. The monoisotopic (exact) mass is 445 g/mol. The van der Waals surface area contributed by atoms with E-state index in [4.69, 9.17) is 17.3 Å². The molecular formula is C13H21ClIN3O2S. The molecule has 1 aromatic rings. The highest BCUT2D eigenvalue weighted by Crippen LogP contribution is 2.22. The summed E-state index contributed by atoms with van der Waals surface area (Å²) in [4.78, 5) is 4.31. The highest BCUT2D eigenvalue weighted by atomic mass is 127. The minimum atomic E-state index is -3.31. The van der Waals surface area contributed by atoms with E-state index in [1.54, 1.807) is 12.1 Å². The van der Waals surface area contributed by atoms with Crippen LogP contribution in [0.1, 0.15) is 26.3 Å². The standard InChI is InChI=1S/C13H20ClN3O2S.HI/c1-13(2,3)17-12(15)16-8-9-5-6-11(10(14)7-9)20(4,18)19;/h5-7H,8H2,1-4H3,(H3,15,16,17);1H. The molecule has 0 saturated carbocycles. The van der Waals surface area contributed by atoms with Crippen LogP contribution in [-0.4, -0.2) is 26.2 Å². The number of guanidine groups is 1. The van der Waals surface area contributed by atoms with E-state index in [2.05, 4.69) is 10.3 Å². The van der Waals surface area contributed by atoms with Crippen molar-refractivity contribution in [2.45, 2.75) is 37.8 Å². The Morgan fingerprint density at radius 2 is 1.95 bits per heavy atom. The summed E-state index contributed by atoms with van der Waals surface area (Å²) in [7, 11) is -3.31. The van der Waals surface area contributed by atoms with E-state index < -0.39 is 9.84 Å². The van der Waals surface area contributed by atoms with Crippen molar-refractivity contribution in [1.82, 2.24) is 5.32 Å². The second kappa shape index (κ2) is 7.64. The lowest BCUT2D eigenvalue weighted by molar-refractivity contribution is 0.508. The first kappa shape index (κ1) is 20.5. The van der Waals surface area contributed by atoms with Crippen LogP contribution < -0.4 is 11.1 Å². The average Bonchev–Trinajstić information content (AvgIpc) is 2.22. The van der Waals surface area contributed by atoms with Gasteiger partial charge in [0.2, 0.25) is 0 Å². The van der Waals surface area contributed by atoms with Gasteiger partial charge in [-0.15, -0.1) is 24.0 Å². The van der Waals surface area contributed by atoms with Crippen molar-refractivity contribution in [2.75, 3.05) is 6.26 Å². The zero-order valence-electron chi connectivity index (χ0n) is 12.5. The lowest BCUT2D eigenvalue weighted by Gasteiger charge is -2.21. The maximum absolute atomic E-state index is 11.4. The van der Waals surface area contributed by atoms with E-state index in [1.807, 2.05) is 20.8 Å². The van der Waals surface area contributed by atoms with E-state index in [0.717, 1.165) is 11.8 Å². The third-order valence-corrected chi connectivity index (χ3v) is 3.91. The van der Waals surface area contributed by atoms with Crippen LogP contribution in [0.3, 0.4) is 0 Å². The Bertz CT molecular complexity index is 625. The summed E-state index contributed by atoms with van der Waals surface area (Å²) in [5, 5.41) is 3.24. The number of nitrogens with zero attached hydrogens (tertiary/aromatic N) is 1. The van der Waals surface area contributed by atoms with Crippen molar-refractivity contribution in [3.8, 4) is 0 Å². The van der Waals surface area contributed by atoms with Crippen LogP contribution in [0.5, 0.6) is 0 Å². The fourth-order valence-electron chi connectivity index (χ4n) is 1.54. The molecule has 0 atom stereocenters. The molecule has 5 nitrogen and oxygen atoms in total. The zero-order chi connectivity index (χ0) is 15.6. The highest BCUT2D eigenvalue weighted by molar-refractivity contribution is 14.0. The predicted molar refractivity (Wildman–Crippen MR) is 98.2 cm³/mol. The molecule has 0 fully saturated rings. The van der Waals surface area contributed by atoms with Crippen molar-refractivity contribution < 1.29 is 8.42 Å². The molecule has 8 heteroatoms. The highest BCUT2D eigenvalue weighted by Gasteiger charge is 2.13. The summed E-state index contributed by atoms with van der Waals surface area (Å²) in [6.45, 7) is 6.27. The Kier molecular flexibility index (Phi) is 7.44. The minimum absolute atomic E-state index is 0. The molecular weight excluding hydrogens is 425 g/mol. The average molecular weight is 446 g/mol. The number of hydrogen-bond acceptors (Lipinski definition) is 3. The molecule has 0 aromatic heterocycles. The molecule has 0 aliphatic heterocycles. The molecule has 0 bridgehead atoms. The molecule has 1 rings (SSSR count). The van der Waals surface area contributed by atoms with Gasteiger partial charge in [0.25, 0.3) is 0 Å². The van der Waals surface area contributed by atoms with Crippen LogP contribution in [0.15, 0.2) is 28.1 Å². The Balaban J connectivity index is 0.00000400. The van der Waals surface area contributed by atoms with Crippen molar-refractivity contribution in [1.29, 1.82) is 0 Å². The molecule has 0 aliphatic carbocycles. The van der Waals surface area contributed by atoms with Crippen molar-refractivity contribution >= 4 is 51.4 Å². The fourth-order valence-corrected chi connectivity index (χ4v) is 2.90. The molecule has 120 valence electrons. The third kappa shape index (κ3) is 7.32. The molecule has 1 aromatic carbocycles. The van der Waals surface area contributed by atoms with E-state index in [0.29, 0.717) is 12.5 Å². The Morgan fingerprint density at radius 1 is 1.38 bits per heavy atom. The van der Waals surface area contributed by atoms with Gasteiger partial charge >= 0.3 is 0 Å². The van der Waals surface area contributed by atoms with Crippen LogP contribution >= 0.6 is 35.6 Å². The van der Waals surface area contributed by atoms with Gasteiger partial charge in [0.1, 0.15) is 0 Å². The maximum Gasteiger partial charge on any atom is 0.189 e. The number of halogens is 2. The van der Waals surface area contributed by atoms with Crippen molar-refractivity contribution in [3.05, 3.63) is 28.8 Å². The number of rotatable bonds is 3. The van der Waals surface area contributed by atoms with Gasteiger partial charge in [-0.3, -0.25) is 0 Å². The molecule has 0 saturated heterocycles. The summed E-state index contributed by atoms with van der Waals surface area (Å²) >= 11 is 5.96. The minimum Gasteiger partial charge on any atom is -0.370 e. The maximum atomic E-state index is 11.4. The third-order valence-electron chi connectivity index (χ3n) is 2.33. The molecule has 0 amide bonds.